The molecule has 0 saturated carbocycles. The minimum absolute atomic E-state index is 0.0214. The maximum absolute atomic E-state index is 12.1. The van der Waals surface area contributed by atoms with Gasteiger partial charge in [0, 0.05) is 18.2 Å². The van der Waals surface area contributed by atoms with Crippen molar-refractivity contribution in [3.63, 3.8) is 0 Å². The van der Waals surface area contributed by atoms with Gasteiger partial charge in [-0.1, -0.05) is 19.1 Å². The summed E-state index contributed by atoms with van der Waals surface area (Å²) < 4.78 is 0. The Labute approximate surface area is 122 Å². The zero-order valence-corrected chi connectivity index (χ0v) is 11.9. The Morgan fingerprint density at radius 1 is 1.24 bits per heavy atom. The fourth-order valence-corrected chi connectivity index (χ4v) is 1.52. The summed E-state index contributed by atoms with van der Waals surface area (Å²) in [5.41, 5.74) is 0.660. The van der Waals surface area contributed by atoms with Crippen molar-refractivity contribution in [2.45, 2.75) is 26.3 Å². The van der Waals surface area contributed by atoms with Crippen LogP contribution in [0.3, 0.4) is 0 Å². The zero-order valence-electron chi connectivity index (χ0n) is 11.9. The lowest BCUT2D eigenvalue weighted by atomic mass is 10.1. The summed E-state index contributed by atoms with van der Waals surface area (Å²) in [5.74, 6) is -2.11. The maximum Gasteiger partial charge on any atom is 0.328 e. The van der Waals surface area contributed by atoms with Crippen LogP contribution < -0.4 is 10.6 Å². The third-order valence-corrected chi connectivity index (χ3v) is 2.80. The Morgan fingerprint density at radius 3 is 2.52 bits per heavy atom. The first kappa shape index (κ1) is 16.4. The Kier molecular flexibility index (Phi) is 6.13. The number of aliphatic carboxylic acids is 1. The SMILES string of the molecule is CCC(C)NC(=O)c1ccccc1NC(=O)/C=C/C(=O)O. The Morgan fingerprint density at radius 2 is 1.90 bits per heavy atom. The number of amides is 2. The summed E-state index contributed by atoms with van der Waals surface area (Å²) in [6.45, 7) is 3.84. The number of nitrogens with one attached hydrogen (secondary N) is 2. The molecule has 1 unspecified atom stereocenters. The highest BCUT2D eigenvalue weighted by molar-refractivity contribution is 6.07. The van der Waals surface area contributed by atoms with Crippen molar-refractivity contribution in [3.05, 3.63) is 42.0 Å². The molecule has 1 rings (SSSR count). The van der Waals surface area contributed by atoms with Crippen molar-refractivity contribution in [1.29, 1.82) is 0 Å². The molecule has 0 spiro atoms. The van der Waals surface area contributed by atoms with E-state index in [9.17, 15) is 14.4 Å². The number of benzene rings is 1. The summed E-state index contributed by atoms with van der Waals surface area (Å²) in [4.78, 5) is 34.0. The molecule has 6 nitrogen and oxygen atoms in total. The molecule has 0 aromatic heterocycles. The molecule has 1 atom stereocenters. The molecule has 0 aliphatic carbocycles. The van der Waals surface area contributed by atoms with Gasteiger partial charge >= 0.3 is 5.97 Å². The Hall–Kier alpha value is -2.63. The third-order valence-electron chi connectivity index (χ3n) is 2.80. The number of hydrogen-bond acceptors (Lipinski definition) is 3. The van der Waals surface area contributed by atoms with Gasteiger partial charge in [-0.05, 0) is 25.5 Å². The summed E-state index contributed by atoms with van der Waals surface area (Å²) in [6.07, 6.45) is 2.42. The van der Waals surface area contributed by atoms with Gasteiger partial charge in [-0.25, -0.2) is 4.79 Å². The first-order valence-corrected chi connectivity index (χ1v) is 6.56. The van der Waals surface area contributed by atoms with E-state index in [1.165, 1.54) is 0 Å². The lowest BCUT2D eigenvalue weighted by Gasteiger charge is -2.14. The van der Waals surface area contributed by atoms with E-state index in [1.807, 2.05) is 13.8 Å². The van der Waals surface area contributed by atoms with Crippen LogP contribution in [0.1, 0.15) is 30.6 Å². The maximum atomic E-state index is 12.1. The number of hydrogen-bond donors (Lipinski definition) is 3. The van der Waals surface area contributed by atoms with Gasteiger partial charge in [-0.15, -0.1) is 0 Å². The highest BCUT2D eigenvalue weighted by atomic mass is 16.4. The molecule has 0 bridgehead atoms. The predicted octanol–water partition coefficient (Wildman–Crippen LogP) is 1.79. The lowest BCUT2D eigenvalue weighted by Crippen LogP contribution is -2.32. The van der Waals surface area contributed by atoms with Gasteiger partial charge in [0.25, 0.3) is 5.91 Å². The molecular weight excluding hydrogens is 272 g/mol. The van der Waals surface area contributed by atoms with E-state index in [0.29, 0.717) is 11.3 Å². The molecule has 3 N–H and O–H groups in total. The first-order chi connectivity index (χ1) is 9.93. The third kappa shape index (κ3) is 5.48. The van der Waals surface area contributed by atoms with Gasteiger partial charge in [0.05, 0.1) is 11.3 Å². The minimum Gasteiger partial charge on any atom is -0.478 e. The van der Waals surface area contributed by atoms with E-state index in [1.54, 1.807) is 24.3 Å². The quantitative estimate of drug-likeness (QED) is 0.696. The average Bonchev–Trinajstić information content (AvgIpc) is 2.45. The average molecular weight is 290 g/mol. The van der Waals surface area contributed by atoms with Crippen LogP contribution >= 0.6 is 0 Å². The molecule has 0 saturated heterocycles. The standard InChI is InChI=1S/C15H18N2O4/c1-3-10(2)16-15(21)11-6-4-5-7-12(11)17-13(18)8-9-14(19)20/h4-10H,3H2,1-2H3,(H,16,21)(H,17,18)(H,19,20)/b9-8+. The smallest absolute Gasteiger partial charge is 0.328 e. The van der Waals surface area contributed by atoms with Crippen molar-refractivity contribution < 1.29 is 19.5 Å². The van der Waals surface area contributed by atoms with E-state index in [2.05, 4.69) is 10.6 Å². The van der Waals surface area contributed by atoms with Gasteiger partial charge in [-0.2, -0.15) is 0 Å². The number of anilines is 1. The van der Waals surface area contributed by atoms with E-state index in [4.69, 9.17) is 5.11 Å². The van der Waals surface area contributed by atoms with Crippen LogP contribution in [0.25, 0.3) is 0 Å². The molecule has 1 aromatic rings. The van der Waals surface area contributed by atoms with Gasteiger partial charge in [0.15, 0.2) is 0 Å². The Balaban J connectivity index is 2.86. The van der Waals surface area contributed by atoms with Gasteiger partial charge < -0.3 is 15.7 Å². The van der Waals surface area contributed by atoms with Crippen LogP contribution in [-0.4, -0.2) is 28.9 Å². The largest absolute Gasteiger partial charge is 0.478 e. The summed E-state index contributed by atoms with van der Waals surface area (Å²) in [5, 5.41) is 13.8. The second-order valence-corrected chi connectivity index (χ2v) is 4.49. The van der Waals surface area contributed by atoms with Gasteiger partial charge in [-0.3, -0.25) is 9.59 Å². The molecule has 0 heterocycles. The summed E-state index contributed by atoms with van der Waals surface area (Å²) in [6, 6.07) is 6.56. The topological polar surface area (TPSA) is 95.5 Å². The zero-order chi connectivity index (χ0) is 15.8. The lowest BCUT2D eigenvalue weighted by molar-refractivity contribution is -0.131. The minimum atomic E-state index is -1.21. The molecule has 0 aliphatic rings. The summed E-state index contributed by atoms with van der Waals surface area (Å²) in [7, 11) is 0. The Bertz CT molecular complexity index is 567. The van der Waals surface area contributed by atoms with Gasteiger partial charge in [0.2, 0.25) is 5.91 Å². The molecule has 0 radical (unpaired) electrons. The normalized spacial score (nSPS) is 11.9. The van der Waals surface area contributed by atoms with Crippen LogP contribution in [0.5, 0.6) is 0 Å². The molecule has 0 fully saturated rings. The van der Waals surface area contributed by atoms with E-state index < -0.39 is 11.9 Å². The molecule has 6 heteroatoms. The van der Waals surface area contributed by atoms with Crippen LogP contribution in [0.4, 0.5) is 5.69 Å². The predicted molar refractivity (Wildman–Crippen MR) is 79.1 cm³/mol. The highest BCUT2D eigenvalue weighted by Crippen LogP contribution is 2.15. The fraction of sp³-hybridized carbons (Fsp3) is 0.267. The summed E-state index contributed by atoms with van der Waals surface area (Å²) >= 11 is 0. The molecular formula is C15H18N2O4. The number of rotatable bonds is 6. The number of carboxylic acids is 1. The van der Waals surface area contributed by atoms with Crippen LogP contribution in [0.15, 0.2) is 36.4 Å². The van der Waals surface area contributed by atoms with E-state index in [-0.39, 0.29) is 11.9 Å². The van der Waals surface area contributed by atoms with Crippen molar-refractivity contribution in [1.82, 2.24) is 5.32 Å². The second-order valence-electron chi connectivity index (χ2n) is 4.49. The van der Waals surface area contributed by atoms with Crippen LogP contribution in [0.2, 0.25) is 0 Å². The monoisotopic (exact) mass is 290 g/mol. The second kappa shape index (κ2) is 7.84. The van der Waals surface area contributed by atoms with Crippen molar-refractivity contribution >= 4 is 23.5 Å². The number of carbonyl (C=O) groups is 3. The van der Waals surface area contributed by atoms with Gasteiger partial charge in [0.1, 0.15) is 0 Å². The van der Waals surface area contributed by atoms with Crippen LogP contribution in [0, 0.1) is 0 Å². The van der Waals surface area contributed by atoms with Crippen LogP contribution in [-0.2, 0) is 9.59 Å². The van der Waals surface area contributed by atoms with Crippen molar-refractivity contribution in [2.24, 2.45) is 0 Å². The number of carboxylic acid groups (broad SMARTS) is 1. The molecule has 2 amide bonds. The molecule has 1 aromatic carbocycles. The fourth-order valence-electron chi connectivity index (χ4n) is 1.52. The van der Waals surface area contributed by atoms with E-state index in [0.717, 1.165) is 18.6 Å². The molecule has 0 aliphatic heterocycles. The van der Waals surface area contributed by atoms with E-state index >= 15 is 0 Å². The van der Waals surface area contributed by atoms with Crippen molar-refractivity contribution in [3.8, 4) is 0 Å². The highest BCUT2D eigenvalue weighted by Gasteiger charge is 2.13. The first-order valence-electron chi connectivity index (χ1n) is 6.56. The molecule has 112 valence electrons. The molecule has 21 heavy (non-hydrogen) atoms. The number of carbonyl (C=O) groups excluding carboxylic acids is 2. The number of para-hydroxylation sites is 1. The van der Waals surface area contributed by atoms with Crippen molar-refractivity contribution in [2.75, 3.05) is 5.32 Å².